The predicted octanol–water partition coefficient (Wildman–Crippen LogP) is 4.99. The van der Waals surface area contributed by atoms with Gasteiger partial charge in [0.15, 0.2) is 5.65 Å². The molecule has 0 bridgehead atoms. The van der Waals surface area contributed by atoms with E-state index in [1.807, 2.05) is 12.1 Å². The molecular weight excluding hydrogens is 585 g/mol. The third-order valence-corrected chi connectivity index (χ3v) is 6.24. The molecular formula is C24H22BrCl2N7O3. The fourth-order valence-corrected chi connectivity index (χ4v) is 4.06. The van der Waals surface area contributed by atoms with Gasteiger partial charge in [-0.3, -0.25) is 19.1 Å². The lowest BCUT2D eigenvalue weighted by molar-refractivity contribution is -0.116. The van der Waals surface area contributed by atoms with Crippen molar-refractivity contribution in [3.05, 3.63) is 62.8 Å². The average molecular weight is 607 g/mol. The second kappa shape index (κ2) is 11.9. The molecule has 192 valence electrons. The summed E-state index contributed by atoms with van der Waals surface area (Å²) in [5.41, 5.74) is 2.17. The molecule has 0 saturated carbocycles. The second-order valence-electron chi connectivity index (χ2n) is 7.97. The smallest absolute Gasteiger partial charge is 0.261 e. The normalized spacial score (nSPS) is 10.9. The van der Waals surface area contributed by atoms with Gasteiger partial charge in [-0.25, -0.2) is 4.98 Å². The van der Waals surface area contributed by atoms with Crippen molar-refractivity contribution < 1.29 is 14.3 Å². The number of amides is 1. The number of ether oxygens (including phenoxy) is 1. The highest BCUT2D eigenvalue weighted by atomic mass is 79.9. The molecule has 13 heteroatoms. The van der Waals surface area contributed by atoms with Gasteiger partial charge in [-0.2, -0.15) is 4.98 Å². The number of carbonyl (C=O) groups is 2. The number of Topliss-reactive ketones (excluding diaryl/α,β-unsaturated/α-hetero) is 1. The number of nitrogens with one attached hydrogen (secondary N) is 3. The van der Waals surface area contributed by atoms with Gasteiger partial charge in [0, 0.05) is 36.1 Å². The van der Waals surface area contributed by atoms with E-state index < -0.39 is 5.91 Å². The highest BCUT2D eigenvalue weighted by Gasteiger charge is 2.21. The molecule has 0 spiro atoms. The minimum absolute atomic E-state index is 0.0124. The van der Waals surface area contributed by atoms with Gasteiger partial charge in [0.05, 0.1) is 22.3 Å². The van der Waals surface area contributed by atoms with E-state index in [0.29, 0.717) is 45.1 Å². The molecule has 37 heavy (non-hydrogen) atoms. The zero-order valence-corrected chi connectivity index (χ0v) is 22.9. The van der Waals surface area contributed by atoms with Crippen molar-refractivity contribution in [2.75, 3.05) is 30.3 Å². The van der Waals surface area contributed by atoms with Gasteiger partial charge >= 0.3 is 0 Å². The molecule has 0 radical (unpaired) electrons. The van der Waals surface area contributed by atoms with Crippen LogP contribution in [0.15, 0.2) is 47.2 Å². The maximum Gasteiger partial charge on any atom is 0.261 e. The largest absolute Gasteiger partial charge is 0.476 e. The molecule has 3 N–H and O–H groups in total. The van der Waals surface area contributed by atoms with Crippen LogP contribution in [-0.4, -0.2) is 50.9 Å². The Morgan fingerprint density at radius 3 is 2.49 bits per heavy atom. The van der Waals surface area contributed by atoms with Crippen LogP contribution in [0.3, 0.4) is 0 Å². The van der Waals surface area contributed by atoms with E-state index in [9.17, 15) is 9.59 Å². The highest BCUT2D eigenvalue weighted by molar-refractivity contribution is 9.10. The van der Waals surface area contributed by atoms with E-state index >= 15 is 0 Å². The number of benzene rings is 1. The number of pyridine rings is 2. The number of fused-ring (bicyclic) bond motifs is 1. The fraction of sp³-hybridized carbons (Fsp3) is 0.208. The van der Waals surface area contributed by atoms with Crippen molar-refractivity contribution in [1.29, 1.82) is 0 Å². The fourth-order valence-electron chi connectivity index (χ4n) is 3.34. The number of halogens is 3. The van der Waals surface area contributed by atoms with Crippen LogP contribution in [0, 0.1) is 0 Å². The summed E-state index contributed by atoms with van der Waals surface area (Å²) in [6.07, 6.45) is 2.93. The summed E-state index contributed by atoms with van der Waals surface area (Å²) in [6.45, 7) is 2.30. The van der Waals surface area contributed by atoms with Crippen LogP contribution < -0.4 is 20.7 Å². The monoisotopic (exact) mass is 605 g/mol. The van der Waals surface area contributed by atoms with Crippen molar-refractivity contribution in [2.45, 2.75) is 6.92 Å². The quantitative estimate of drug-likeness (QED) is 0.216. The standard InChI is InChI=1S/C24H22BrCl2N7O3/c1-13(35)10-28-7-8-37-23-16(22(36)30-15-5-3-14(25)4-6-15)9-19-21(33-23)34(2)24(31-19)32-20-17(26)11-29-12-18(20)27/h3-6,9,11-12,28H,7-8,10H2,1-2H3,(H,30,36)(H,29,31,32). The molecule has 0 aliphatic heterocycles. The zero-order chi connectivity index (χ0) is 26.5. The van der Waals surface area contributed by atoms with Gasteiger partial charge in [0.1, 0.15) is 23.5 Å². The first-order valence-corrected chi connectivity index (χ1v) is 12.6. The molecule has 4 aromatic rings. The number of hydrogen-bond acceptors (Lipinski definition) is 8. The first-order valence-electron chi connectivity index (χ1n) is 11.1. The summed E-state index contributed by atoms with van der Waals surface area (Å²) in [5, 5.41) is 9.57. The Labute approximate surface area is 230 Å². The molecule has 0 unspecified atom stereocenters. The SMILES string of the molecule is CC(=O)CNCCOc1nc2c(cc1C(=O)Nc1ccc(Br)cc1)nc(Nc1c(Cl)cncc1Cl)n2C. The number of ketones is 1. The summed E-state index contributed by atoms with van der Waals surface area (Å²) >= 11 is 15.9. The van der Waals surface area contributed by atoms with Gasteiger partial charge in [0.25, 0.3) is 5.91 Å². The molecule has 0 saturated heterocycles. The topological polar surface area (TPSA) is 123 Å². The maximum atomic E-state index is 13.2. The van der Waals surface area contributed by atoms with E-state index in [-0.39, 0.29) is 30.4 Å². The molecule has 4 rings (SSSR count). The molecule has 3 aromatic heterocycles. The van der Waals surface area contributed by atoms with Crippen LogP contribution in [-0.2, 0) is 11.8 Å². The first kappa shape index (κ1) is 26.8. The molecule has 3 heterocycles. The Morgan fingerprint density at radius 2 is 1.81 bits per heavy atom. The number of rotatable bonds is 10. The molecule has 1 aromatic carbocycles. The van der Waals surface area contributed by atoms with Crippen LogP contribution >= 0.6 is 39.1 Å². The Morgan fingerprint density at radius 1 is 1.11 bits per heavy atom. The van der Waals surface area contributed by atoms with Crippen LogP contribution in [0.1, 0.15) is 17.3 Å². The number of aryl methyl sites for hydroxylation is 1. The molecule has 0 atom stereocenters. The number of nitrogens with zero attached hydrogens (tertiary/aromatic N) is 4. The van der Waals surface area contributed by atoms with E-state index in [0.717, 1.165) is 4.47 Å². The molecule has 10 nitrogen and oxygen atoms in total. The second-order valence-corrected chi connectivity index (χ2v) is 9.70. The van der Waals surface area contributed by atoms with Gasteiger partial charge in [-0.05, 0) is 37.3 Å². The summed E-state index contributed by atoms with van der Waals surface area (Å²) in [5.74, 6) is 0.125. The van der Waals surface area contributed by atoms with Crippen molar-refractivity contribution in [1.82, 2.24) is 24.8 Å². The van der Waals surface area contributed by atoms with Gasteiger partial charge in [-0.15, -0.1) is 0 Å². The molecule has 0 aliphatic rings. The van der Waals surface area contributed by atoms with Crippen LogP contribution in [0.25, 0.3) is 11.2 Å². The van der Waals surface area contributed by atoms with E-state index in [1.165, 1.54) is 19.3 Å². The van der Waals surface area contributed by atoms with Crippen molar-refractivity contribution in [2.24, 2.45) is 7.05 Å². The van der Waals surface area contributed by atoms with Crippen LogP contribution in [0.5, 0.6) is 5.88 Å². The third kappa shape index (κ3) is 6.55. The number of aromatic nitrogens is 4. The van der Waals surface area contributed by atoms with E-state index in [4.69, 9.17) is 27.9 Å². The number of hydrogen-bond donors (Lipinski definition) is 3. The lowest BCUT2D eigenvalue weighted by Gasteiger charge is -2.12. The number of carbonyl (C=O) groups excluding carboxylic acids is 2. The highest BCUT2D eigenvalue weighted by Crippen LogP contribution is 2.33. The van der Waals surface area contributed by atoms with Crippen molar-refractivity contribution in [3.8, 4) is 5.88 Å². The maximum absolute atomic E-state index is 13.2. The summed E-state index contributed by atoms with van der Waals surface area (Å²) in [4.78, 5) is 37.5. The Hall–Kier alpha value is -3.25. The Bertz CT molecular complexity index is 1440. The van der Waals surface area contributed by atoms with Gasteiger partial charge in [0.2, 0.25) is 11.8 Å². The summed E-state index contributed by atoms with van der Waals surface area (Å²) in [7, 11) is 1.76. The lowest BCUT2D eigenvalue weighted by Crippen LogP contribution is -2.26. The minimum Gasteiger partial charge on any atom is -0.476 e. The lowest BCUT2D eigenvalue weighted by atomic mass is 10.2. The van der Waals surface area contributed by atoms with Crippen molar-refractivity contribution in [3.63, 3.8) is 0 Å². The Balaban J connectivity index is 1.67. The first-order chi connectivity index (χ1) is 17.7. The van der Waals surface area contributed by atoms with Crippen molar-refractivity contribution >= 4 is 79.3 Å². The zero-order valence-electron chi connectivity index (χ0n) is 19.8. The van der Waals surface area contributed by atoms with E-state index in [1.54, 1.807) is 29.8 Å². The number of anilines is 3. The van der Waals surface area contributed by atoms with Gasteiger partial charge in [-0.1, -0.05) is 39.1 Å². The molecule has 1 amide bonds. The van der Waals surface area contributed by atoms with Gasteiger partial charge < -0.3 is 20.7 Å². The predicted molar refractivity (Wildman–Crippen MR) is 147 cm³/mol. The molecule has 0 fully saturated rings. The number of imidazole rings is 1. The van der Waals surface area contributed by atoms with Crippen LogP contribution in [0.2, 0.25) is 10.0 Å². The summed E-state index contributed by atoms with van der Waals surface area (Å²) in [6, 6.07) is 8.79. The minimum atomic E-state index is -0.413. The van der Waals surface area contributed by atoms with Crippen LogP contribution in [0.4, 0.5) is 17.3 Å². The van der Waals surface area contributed by atoms with E-state index in [2.05, 4.69) is 46.8 Å². The Kier molecular flexibility index (Phi) is 8.59. The third-order valence-electron chi connectivity index (χ3n) is 5.14. The summed E-state index contributed by atoms with van der Waals surface area (Å²) < 4.78 is 8.44. The average Bonchev–Trinajstić information content (AvgIpc) is 3.16. The molecule has 0 aliphatic carbocycles.